The van der Waals surface area contributed by atoms with Crippen molar-refractivity contribution < 1.29 is 9.52 Å². The molecule has 0 aliphatic rings. The first-order valence-corrected chi connectivity index (χ1v) is 9.57. The highest BCUT2D eigenvalue weighted by Gasteiger charge is 2.25. The predicted molar refractivity (Wildman–Crippen MR) is 127 cm³/mol. The molecular weight excluding hydrogens is 467 g/mol. The zero-order valence-electron chi connectivity index (χ0n) is 17.0. The van der Waals surface area contributed by atoms with Gasteiger partial charge in [0.1, 0.15) is 11.4 Å². The SMILES string of the molecule is CCNC(=NCC(C)(O)c1ccco1)NCCCCN(C)c1ccccc1.I. The zero-order valence-corrected chi connectivity index (χ0v) is 19.3. The summed E-state index contributed by atoms with van der Waals surface area (Å²) in [6, 6.07) is 13.9. The van der Waals surface area contributed by atoms with Crippen molar-refractivity contribution in [1.29, 1.82) is 0 Å². The van der Waals surface area contributed by atoms with Crippen LogP contribution in [0, 0.1) is 0 Å². The number of hydrogen-bond acceptors (Lipinski definition) is 4. The number of halogens is 1. The number of hydrogen-bond donors (Lipinski definition) is 3. The van der Waals surface area contributed by atoms with Gasteiger partial charge in [0.25, 0.3) is 0 Å². The van der Waals surface area contributed by atoms with Gasteiger partial charge in [-0.15, -0.1) is 24.0 Å². The third-order valence-electron chi connectivity index (χ3n) is 4.35. The minimum Gasteiger partial charge on any atom is -0.466 e. The molecule has 0 fully saturated rings. The summed E-state index contributed by atoms with van der Waals surface area (Å²) in [5.74, 6) is 1.23. The molecule has 28 heavy (non-hydrogen) atoms. The van der Waals surface area contributed by atoms with E-state index in [1.807, 2.05) is 13.0 Å². The van der Waals surface area contributed by atoms with Crippen LogP contribution in [0.15, 0.2) is 58.1 Å². The topological polar surface area (TPSA) is 73.0 Å². The second-order valence-electron chi connectivity index (χ2n) is 6.84. The van der Waals surface area contributed by atoms with E-state index in [1.165, 1.54) is 5.69 Å². The average molecular weight is 500 g/mol. The molecule has 0 saturated heterocycles. The second kappa shape index (κ2) is 12.7. The number of aliphatic hydroxyl groups is 1. The number of para-hydroxylation sites is 1. The van der Waals surface area contributed by atoms with Crippen LogP contribution in [0.1, 0.15) is 32.4 Å². The summed E-state index contributed by atoms with van der Waals surface area (Å²) in [6.45, 7) is 6.57. The molecule has 2 aromatic rings. The largest absolute Gasteiger partial charge is 0.466 e. The zero-order chi connectivity index (χ0) is 19.5. The lowest BCUT2D eigenvalue weighted by Gasteiger charge is -2.20. The number of rotatable bonds is 10. The Balaban J connectivity index is 0.00000392. The molecule has 1 atom stereocenters. The average Bonchev–Trinajstić information content (AvgIpc) is 3.22. The van der Waals surface area contributed by atoms with Crippen LogP contribution in [0.4, 0.5) is 5.69 Å². The molecule has 1 unspecified atom stereocenters. The van der Waals surface area contributed by atoms with Gasteiger partial charge in [0.15, 0.2) is 5.96 Å². The summed E-state index contributed by atoms with van der Waals surface area (Å²) in [5.41, 5.74) is 0.116. The Bertz CT molecular complexity index is 675. The van der Waals surface area contributed by atoms with Crippen molar-refractivity contribution in [2.45, 2.75) is 32.3 Å². The van der Waals surface area contributed by atoms with Gasteiger partial charge in [-0.3, -0.25) is 0 Å². The van der Waals surface area contributed by atoms with E-state index in [4.69, 9.17) is 4.42 Å². The van der Waals surface area contributed by atoms with Gasteiger partial charge in [0.05, 0.1) is 12.8 Å². The van der Waals surface area contributed by atoms with Gasteiger partial charge in [-0.05, 0) is 51.0 Å². The Morgan fingerprint density at radius 2 is 1.89 bits per heavy atom. The minimum absolute atomic E-state index is 0. The molecule has 1 aromatic carbocycles. The summed E-state index contributed by atoms with van der Waals surface area (Å²) in [7, 11) is 2.12. The fraction of sp³-hybridized carbons (Fsp3) is 0.476. The Morgan fingerprint density at radius 3 is 2.54 bits per heavy atom. The Hall–Kier alpha value is -1.74. The fourth-order valence-corrected chi connectivity index (χ4v) is 2.73. The van der Waals surface area contributed by atoms with E-state index in [9.17, 15) is 5.11 Å². The second-order valence-corrected chi connectivity index (χ2v) is 6.84. The molecule has 7 heteroatoms. The van der Waals surface area contributed by atoms with Crippen LogP contribution in [0.5, 0.6) is 0 Å². The highest BCUT2D eigenvalue weighted by molar-refractivity contribution is 14.0. The van der Waals surface area contributed by atoms with Crippen molar-refractivity contribution in [3.63, 3.8) is 0 Å². The normalized spacial score (nSPS) is 13.4. The standard InChI is InChI=1S/C21H32N4O2.HI/c1-4-22-20(24-17-21(2,26)19-13-10-16-27-19)23-14-8-9-15-25(3)18-11-6-5-7-12-18;/h5-7,10-13,16,26H,4,8-9,14-15,17H2,1-3H3,(H2,22,23,24);1H. The molecule has 3 N–H and O–H groups in total. The van der Waals surface area contributed by atoms with E-state index in [2.05, 4.69) is 51.8 Å². The van der Waals surface area contributed by atoms with Crippen molar-refractivity contribution in [1.82, 2.24) is 10.6 Å². The van der Waals surface area contributed by atoms with Crippen LogP contribution >= 0.6 is 24.0 Å². The molecule has 1 heterocycles. The first-order chi connectivity index (χ1) is 13.0. The van der Waals surface area contributed by atoms with Gasteiger partial charge >= 0.3 is 0 Å². The molecule has 2 rings (SSSR count). The van der Waals surface area contributed by atoms with E-state index < -0.39 is 5.60 Å². The van der Waals surface area contributed by atoms with Crippen LogP contribution in [-0.2, 0) is 5.60 Å². The quantitative estimate of drug-likeness (QED) is 0.201. The molecule has 0 saturated carbocycles. The molecule has 0 aliphatic carbocycles. The van der Waals surface area contributed by atoms with Crippen LogP contribution < -0.4 is 15.5 Å². The van der Waals surface area contributed by atoms with Crippen molar-refractivity contribution in [2.24, 2.45) is 4.99 Å². The van der Waals surface area contributed by atoms with Gasteiger partial charge in [-0.2, -0.15) is 0 Å². The molecule has 0 spiro atoms. The fourth-order valence-electron chi connectivity index (χ4n) is 2.73. The lowest BCUT2D eigenvalue weighted by molar-refractivity contribution is 0.0437. The van der Waals surface area contributed by atoms with E-state index in [-0.39, 0.29) is 30.5 Å². The molecule has 0 aliphatic heterocycles. The lowest BCUT2D eigenvalue weighted by Crippen LogP contribution is -2.39. The number of nitrogens with zero attached hydrogens (tertiary/aromatic N) is 2. The van der Waals surface area contributed by atoms with Gasteiger partial charge in [-0.1, -0.05) is 18.2 Å². The number of benzene rings is 1. The molecule has 1 aromatic heterocycles. The molecule has 156 valence electrons. The summed E-state index contributed by atoms with van der Waals surface area (Å²) in [6.07, 6.45) is 3.68. The van der Waals surface area contributed by atoms with Crippen LogP contribution in [0.3, 0.4) is 0 Å². The van der Waals surface area contributed by atoms with Gasteiger partial charge in [-0.25, -0.2) is 4.99 Å². The minimum atomic E-state index is -1.12. The van der Waals surface area contributed by atoms with Crippen molar-refractivity contribution in [3.8, 4) is 0 Å². The molecule has 0 bridgehead atoms. The summed E-state index contributed by atoms with van der Waals surface area (Å²) in [4.78, 5) is 6.76. The molecule has 0 amide bonds. The maximum atomic E-state index is 10.5. The van der Waals surface area contributed by atoms with E-state index in [0.717, 1.165) is 32.5 Å². The van der Waals surface area contributed by atoms with Crippen molar-refractivity contribution in [2.75, 3.05) is 38.1 Å². The van der Waals surface area contributed by atoms with Crippen molar-refractivity contribution in [3.05, 3.63) is 54.5 Å². The molecule has 0 radical (unpaired) electrons. The summed E-state index contributed by atoms with van der Waals surface area (Å²) < 4.78 is 5.30. The first kappa shape index (κ1) is 24.3. The number of unbranched alkanes of at least 4 members (excludes halogenated alkanes) is 1. The van der Waals surface area contributed by atoms with Crippen LogP contribution in [0.25, 0.3) is 0 Å². The third kappa shape index (κ3) is 8.10. The van der Waals surface area contributed by atoms with Crippen LogP contribution in [0.2, 0.25) is 0 Å². The monoisotopic (exact) mass is 500 g/mol. The van der Waals surface area contributed by atoms with Crippen LogP contribution in [-0.4, -0.2) is 44.3 Å². The van der Waals surface area contributed by atoms with E-state index in [0.29, 0.717) is 11.7 Å². The first-order valence-electron chi connectivity index (χ1n) is 9.57. The number of guanidine groups is 1. The third-order valence-corrected chi connectivity index (χ3v) is 4.35. The Kier molecular flexibility index (Phi) is 11.0. The van der Waals surface area contributed by atoms with Crippen molar-refractivity contribution >= 4 is 35.6 Å². The Morgan fingerprint density at radius 1 is 1.14 bits per heavy atom. The Labute approximate surface area is 185 Å². The number of furan rings is 1. The maximum absolute atomic E-state index is 10.5. The van der Waals surface area contributed by atoms with E-state index in [1.54, 1.807) is 25.3 Å². The van der Waals surface area contributed by atoms with E-state index >= 15 is 0 Å². The molecule has 6 nitrogen and oxygen atoms in total. The number of aliphatic imine (C=N–C) groups is 1. The van der Waals surface area contributed by atoms with Gasteiger partial charge in [0.2, 0.25) is 0 Å². The number of nitrogens with one attached hydrogen (secondary N) is 2. The highest BCUT2D eigenvalue weighted by atomic mass is 127. The lowest BCUT2D eigenvalue weighted by atomic mass is 10.0. The van der Waals surface area contributed by atoms with Gasteiger partial charge < -0.3 is 25.1 Å². The molecular formula is C21H33IN4O2. The highest BCUT2D eigenvalue weighted by Crippen LogP contribution is 2.21. The number of anilines is 1. The summed E-state index contributed by atoms with van der Waals surface area (Å²) >= 11 is 0. The van der Waals surface area contributed by atoms with Gasteiger partial charge in [0, 0.05) is 32.4 Å². The predicted octanol–water partition coefficient (Wildman–Crippen LogP) is 3.58. The maximum Gasteiger partial charge on any atom is 0.191 e. The smallest absolute Gasteiger partial charge is 0.191 e. The summed E-state index contributed by atoms with van der Waals surface area (Å²) in [5, 5.41) is 17.1.